The van der Waals surface area contributed by atoms with Gasteiger partial charge >= 0.3 is 0 Å². The normalized spacial score (nSPS) is 10.6. The fourth-order valence-corrected chi connectivity index (χ4v) is 2.72. The molecule has 0 saturated carbocycles. The van der Waals surface area contributed by atoms with Crippen molar-refractivity contribution in [1.29, 1.82) is 0 Å². The van der Waals surface area contributed by atoms with E-state index in [0.717, 1.165) is 17.1 Å². The summed E-state index contributed by atoms with van der Waals surface area (Å²) in [7, 11) is 0. The Bertz CT molecular complexity index is 986. The smallest absolute Gasteiger partial charge is 0.159 e. The van der Waals surface area contributed by atoms with Gasteiger partial charge in [-0.05, 0) is 52.0 Å². The monoisotopic (exact) mass is 376 g/mol. The van der Waals surface area contributed by atoms with E-state index in [1.807, 2.05) is 63.2 Å². The lowest BCUT2D eigenvalue weighted by Gasteiger charge is -2.16. The maximum Gasteiger partial charge on any atom is 0.159 e. The zero-order valence-corrected chi connectivity index (χ0v) is 16.5. The standard InChI is InChI=1S/C22H24N4O2/c1-14(2)28-20-11-6-5-10-19(20)26-22-13-21(23-16(4)24-22)25-18-9-7-8-17(12-18)15(3)27/h5-14H,1-4H3,(H2,23,24,25,26). The number of hydrogen-bond acceptors (Lipinski definition) is 6. The molecule has 28 heavy (non-hydrogen) atoms. The molecule has 1 aromatic heterocycles. The Morgan fingerprint density at radius 2 is 1.68 bits per heavy atom. The van der Waals surface area contributed by atoms with E-state index in [1.165, 1.54) is 0 Å². The molecule has 2 aromatic carbocycles. The van der Waals surface area contributed by atoms with E-state index in [1.54, 1.807) is 19.1 Å². The predicted octanol–water partition coefficient (Wildman–Crippen LogP) is 5.26. The number of ether oxygens (including phenoxy) is 1. The molecular weight excluding hydrogens is 352 g/mol. The van der Waals surface area contributed by atoms with Crippen LogP contribution in [0.1, 0.15) is 37.0 Å². The fourth-order valence-electron chi connectivity index (χ4n) is 2.72. The largest absolute Gasteiger partial charge is 0.489 e. The maximum absolute atomic E-state index is 11.6. The second kappa shape index (κ2) is 8.52. The number of para-hydroxylation sites is 2. The molecule has 0 fully saturated rings. The maximum atomic E-state index is 11.6. The first-order valence-electron chi connectivity index (χ1n) is 9.17. The summed E-state index contributed by atoms with van der Waals surface area (Å²) in [5.74, 6) is 2.69. The summed E-state index contributed by atoms with van der Waals surface area (Å²) in [6.45, 7) is 7.36. The average molecular weight is 376 g/mol. The van der Waals surface area contributed by atoms with Crippen molar-refractivity contribution in [3.8, 4) is 5.75 Å². The number of carbonyl (C=O) groups is 1. The van der Waals surface area contributed by atoms with Crippen LogP contribution in [0.4, 0.5) is 23.0 Å². The number of nitrogens with one attached hydrogen (secondary N) is 2. The van der Waals surface area contributed by atoms with Gasteiger partial charge < -0.3 is 15.4 Å². The fraction of sp³-hybridized carbons (Fsp3) is 0.227. The van der Waals surface area contributed by atoms with Crippen molar-refractivity contribution in [2.45, 2.75) is 33.8 Å². The van der Waals surface area contributed by atoms with Crippen LogP contribution in [0.25, 0.3) is 0 Å². The van der Waals surface area contributed by atoms with E-state index in [0.29, 0.717) is 23.0 Å². The van der Waals surface area contributed by atoms with E-state index in [4.69, 9.17) is 4.74 Å². The van der Waals surface area contributed by atoms with Crippen LogP contribution < -0.4 is 15.4 Å². The van der Waals surface area contributed by atoms with E-state index >= 15 is 0 Å². The van der Waals surface area contributed by atoms with Crippen LogP contribution in [0, 0.1) is 6.92 Å². The molecular formula is C22H24N4O2. The number of hydrogen-bond donors (Lipinski definition) is 2. The van der Waals surface area contributed by atoms with Gasteiger partial charge in [-0.15, -0.1) is 0 Å². The van der Waals surface area contributed by atoms with Crippen molar-refractivity contribution in [1.82, 2.24) is 9.97 Å². The highest BCUT2D eigenvalue weighted by molar-refractivity contribution is 5.95. The summed E-state index contributed by atoms with van der Waals surface area (Å²) in [6, 6.07) is 16.9. The molecule has 2 N–H and O–H groups in total. The van der Waals surface area contributed by atoms with Gasteiger partial charge in [0.2, 0.25) is 0 Å². The Hall–Kier alpha value is -3.41. The van der Waals surface area contributed by atoms with Crippen LogP contribution in [0.3, 0.4) is 0 Å². The van der Waals surface area contributed by atoms with Gasteiger partial charge in [-0.25, -0.2) is 9.97 Å². The molecule has 0 aliphatic heterocycles. The molecule has 6 nitrogen and oxygen atoms in total. The van der Waals surface area contributed by atoms with Crippen molar-refractivity contribution in [3.63, 3.8) is 0 Å². The van der Waals surface area contributed by atoms with Crippen LogP contribution in [-0.4, -0.2) is 21.9 Å². The minimum atomic E-state index is 0.0200. The van der Waals surface area contributed by atoms with E-state index in [9.17, 15) is 4.79 Å². The highest BCUT2D eigenvalue weighted by atomic mass is 16.5. The zero-order valence-electron chi connectivity index (χ0n) is 16.5. The van der Waals surface area contributed by atoms with Gasteiger partial charge in [0.25, 0.3) is 0 Å². The molecule has 6 heteroatoms. The Morgan fingerprint density at radius 1 is 0.964 bits per heavy atom. The predicted molar refractivity (Wildman–Crippen MR) is 112 cm³/mol. The molecule has 0 radical (unpaired) electrons. The van der Waals surface area contributed by atoms with E-state index in [2.05, 4.69) is 20.6 Å². The molecule has 0 atom stereocenters. The van der Waals surface area contributed by atoms with Crippen molar-refractivity contribution >= 4 is 28.8 Å². The van der Waals surface area contributed by atoms with Crippen LogP contribution in [0.15, 0.2) is 54.6 Å². The lowest BCUT2D eigenvalue weighted by atomic mass is 10.1. The molecule has 1 heterocycles. The molecule has 0 bridgehead atoms. The lowest BCUT2D eigenvalue weighted by molar-refractivity contribution is 0.101. The lowest BCUT2D eigenvalue weighted by Crippen LogP contribution is -2.08. The number of ketones is 1. The first-order chi connectivity index (χ1) is 13.4. The molecule has 3 aromatic rings. The third-order valence-corrected chi connectivity index (χ3v) is 3.89. The quantitative estimate of drug-likeness (QED) is 0.548. The number of Topliss-reactive ketones (excluding diaryl/α,β-unsaturated/α-hetero) is 1. The van der Waals surface area contributed by atoms with Crippen LogP contribution in [0.5, 0.6) is 5.75 Å². The van der Waals surface area contributed by atoms with Crippen molar-refractivity contribution in [3.05, 3.63) is 66.0 Å². The van der Waals surface area contributed by atoms with Gasteiger partial charge in [0.1, 0.15) is 23.2 Å². The average Bonchev–Trinajstić information content (AvgIpc) is 2.62. The highest BCUT2D eigenvalue weighted by Crippen LogP contribution is 2.28. The summed E-state index contributed by atoms with van der Waals surface area (Å²) in [5.41, 5.74) is 2.27. The van der Waals surface area contributed by atoms with Crippen molar-refractivity contribution < 1.29 is 9.53 Å². The Balaban J connectivity index is 1.85. The third-order valence-electron chi connectivity index (χ3n) is 3.89. The Labute approximate surface area is 165 Å². The number of nitrogens with zero attached hydrogens (tertiary/aromatic N) is 2. The van der Waals surface area contributed by atoms with E-state index < -0.39 is 0 Å². The molecule has 0 aliphatic rings. The summed E-state index contributed by atoms with van der Waals surface area (Å²) in [6.07, 6.45) is 0.0702. The number of anilines is 4. The van der Waals surface area contributed by atoms with Gasteiger partial charge in [0, 0.05) is 17.3 Å². The number of rotatable bonds is 7. The minimum absolute atomic E-state index is 0.0200. The number of aromatic nitrogens is 2. The molecule has 3 rings (SSSR count). The van der Waals surface area contributed by atoms with Gasteiger partial charge in [-0.2, -0.15) is 0 Å². The number of carbonyl (C=O) groups excluding carboxylic acids is 1. The summed E-state index contributed by atoms with van der Waals surface area (Å²) < 4.78 is 5.86. The van der Waals surface area contributed by atoms with Gasteiger partial charge in [0.05, 0.1) is 11.8 Å². The first-order valence-corrected chi connectivity index (χ1v) is 9.17. The minimum Gasteiger partial charge on any atom is -0.489 e. The molecule has 0 unspecified atom stereocenters. The molecule has 0 aliphatic carbocycles. The summed E-state index contributed by atoms with van der Waals surface area (Å²) in [5, 5.41) is 6.54. The number of benzene rings is 2. The zero-order chi connectivity index (χ0) is 20.1. The second-order valence-electron chi connectivity index (χ2n) is 6.74. The van der Waals surface area contributed by atoms with Crippen LogP contribution in [-0.2, 0) is 0 Å². The SMILES string of the molecule is CC(=O)c1cccc(Nc2cc(Nc3ccccc3OC(C)C)nc(C)n2)c1. The van der Waals surface area contributed by atoms with Gasteiger partial charge in [-0.3, -0.25) is 4.79 Å². The topological polar surface area (TPSA) is 76.1 Å². The summed E-state index contributed by atoms with van der Waals surface area (Å²) >= 11 is 0. The van der Waals surface area contributed by atoms with Crippen molar-refractivity contribution in [2.24, 2.45) is 0 Å². The Kier molecular flexibility index (Phi) is 5.89. The molecule has 0 spiro atoms. The van der Waals surface area contributed by atoms with Crippen LogP contribution >= 0.6 is 0 Å². The highest BCUT2D eigenvalue weighted by Gasteiger charge is 2.09. The molecule has 0 amide bonds. The van der Waals surface area contributed by atoms with E-state index in [-0.39, 0.29) is 11.9 Å². The van der Waals surface area contributed by atoms with Crippen molar-refractivity contribution in [2.75, 3.05) is 10.6 Å². The third kappa shape index (κ3) is 5.07. The number of aryl methyl sites for hydroxylation is 1. The molecule has 144 valence electrons. The first kappa shape index (κ1) is 19.4. The van der Waals surface area contributed by atoms with Gasteiger partial charge in [0.15, 0.2) is 5.78 Å². The second-order valence-corrected chi connectivity index (χ2v) is 6.74. The van der Waals surface area contributed by atoms with Gasteiger partial charge in [-0.1, -0.05) is 24.3 Å². The van der Waals surface area contributed by atoms with Crippen LogP contribution in [0.2, 0.25) is 0 Å². The Morgan fingerprint density at radius 3 is 2.39 bits per heavy atom. The molecule has 0 saturated heterocycles. The summed E-state index contributed by atoms with van der Waals surface area (Å²) in [4.78, 5) is 20.5.